The average Bonchev–Trinajstić information content (AvgIpc) is 2.53. The summed E-state index contributed by atoms with van der Waals surface area (Å²) in [7, 11) is 1.47. The van der Waals surface area contributed by atoms with E-state index < -0.39 is 11.7 Å². The second-order valence-corrected chi connectivity index (χ2v) is 4.80. The van der Waals surface area contributed by atoms with Crippen molar-refractivity contribution in [2.24, 2.45) is 0 Å². The smallest absolute Gasteiger partial charge is 0.417 e. The van der Waals surface area contributed by atoms with Gasteiger partial charge in [0, 0.05) is 17.0 Å². The Balaban J connectivity index is 2.31. The van der Waals surface area contributed by atoms with Crippen LogP contribution in [-0.4, -0.2) is 12.1 Å². The summed E-state index contributed by atoms with van der Waals surface area (Å²) in [5.74, 6) is 0.471. The summed E-state index contributed by atoms with van der Waals surface area (Å²) in [6.07, 6.45) is -4.45. The van der Waals surface area contributed by atoms with Crippen molar-refractivity contribution in [1.82, 2.24) is 4.98 Å². The Kier molecular flexibility index (Phi) is 3.48. The van der Waals surface area contributed by atoms with E-state index in [1.807, 2.05) is 0 Å². The predicted molar refractivity (Wildman–Crippen MR) is 78.7 cm³/mol. The molecule has 0 fully saturated rings. The van der Waals surface area contributed by atoms with Crippen molar-refractivity contribution in [2.75, 3.05) is 7.11 Å². The first-order valence-electron chi connectivity index (χ1n) is 6.60. The maximum Gasteiger partial charge on any atom is 0.417 e. The van der Waals surface area contributed by atoms with Crippen LogP contribution in [0.5, 0.6) is 5.75 Å². The van der Waals surface area contributed by atoms with Crippen LogP contribution in [-0.2, 0) is 6.18 Å². The highest BCUT2D eigenvalue weighted by Crippen LogP contribution is 2.37. The molecule has 0 saturated heterocycles. The van der Waals surface area contributed by atoms with E-state index in [1.54, 1.807) is 30.3 Å². The van der Waals surface area contributed by atoms with Crippen molar-refractivity contribution in [3.05, 3.63) is 60.2 Å². The zero-order valence-electron chi connectivity index (χ0n) is 11.7. The lowest BCUT2D eigenvalue weighted by Crippen LogP contribution is -2.07. The highest BCUT2D eigenvalue weighted by molar-refractivity contribution is 5.86. The number of fused-ring (bicyclic) bond motifs is 1. The summed E-state index contributed by atoms with van der Waals surface area (Å²) >= 11 is 0. The molecule has 22 heavy (non-hydrogen) atoms. The first-order chi connectivity index (χ1) is 10.5. The minimum Gasteiger partial charge on any atom is -0.497 e. The van der Waals surface area contributed by atoms with E-state index in [4.69, 9.17) is 4.74 Å². The molecule has 5 heteroatoms. The molecule has 0 aliphatic rings. The van der Waals surface area contributed by atoms with E-state index in [0.717, 1.165) is 6.07 Å². The Morgan fingerprint density at radius 3 is 2.32 bits per heavy atom. The average molecular weight is 303 g/mol. The molecule has 3 aromatic rings. The number of aromatic nitrogens is 1. The fraction of sp³-hybridized carbons (Fsp3) is 0.118. The number of methoxy groups -OCH3 is 1. The lowest BCUT2D eigenvalue weighted by atomic mass is 10.0. The Morgan fingerprint density at radius 1 is 0.955 bits per heavy atom. The van der Waals surface area contributed by atoms with Crippen LogP contribution >= 0.6 is 0 Å². The third kappa shape index (κ3) is 2.62. The number of pyridine rings is 1. The Hall–Kier alpha value is -2.56. The highest BCUT2D eigenvalue weighted by atomic mass is 19.4. The molecule has 1 heterocycles. The topological polar surface area (TPSA) is 22.1 Å². The van der Waals surface area contributed by atoms with Gasteiger partial charge in [-0.2, -0.15) is 13.2 Å². The summed E-state index contributed by atoms with van der Waals surface area (Å²) in [5.41, 5.74) is 0.485. The molecule has 0 aliphatic heterocycles. The van der Waals surface area contributed by atoms with Gasteiger partial charge in [0.05, 0.1) is 23.9 Å². The van der Waals surface area contributed by atoms with E-state index in [1.165, 1.54) is 25.3 Å². The number of benzene rings is 2. The molecule has 0 spiro atoms. The fourth-order valence-corrected chi connectivity index (χ4v) is 2.33. The van der Waals surface area contributed by atoms with Gasteiger partial charge in [-0.1, -0.05) is 30.3 Å². The molecule has 0 N–H and O–H groups in total. The zero-order chi connectivity index (χ0) is 15.7. The number of ether oxygens (including phenoxy) is 1. The van der Waals surface area contributed by atoms with E-state index in [0.29, 0.717) is 11.3 Å². The van der Waals surface area contributed by atoms with Crippen molar-refractivity contribution in [3.63, 3.8) is 0 Å². The first kappa shape index (κ1) is 14.4. The van der Waals surface area contributed by atoms with Gasteiger partial charge in [0.2, 0.25) is 0 Å². The molecule has 112 valence electrons. The second-order valence-electron chi connectivity index (χ2n) is 4.80. The quantitative estimate of drug-likeness (QED) is 0.669. The molecule has 2 aromatic carbocycles. The number of nitrogens with zero attached hydrogens (tertiary/aromatic N) is 1. The Labute approximate surface area is 125 Å². The van der Waals surface area contributed by atoms with E-state index in [2.05, 4.69) is 4.98 Å². The summed E-state index contributed by atoms with van der Waals surface area (Å²) in [4.78, 5) is 4.35. The zero-order valence-corrected chi connectivity index (χ0v) is 11.7. The van der Waals surface area contributed by atoms with Gasteiger partial charge in [-0.3, -0.25) is 0 Å². The van der Waals surface area contributed by atoms with Gasteiger partial charge in [0.1, 0.15) is 5.75 Å². The highest BCUT2D eigenvalue weighted by Gasteiger charge is 2.33. The summed E-state index contributed by atoms with van der Waals surface area (Å²) in [5, 5.41) is 0.0629. The van der Waals surface area contributed by atoms with Crippen LogP contribution < -0.4 is 4.74 Å². The summed E-state index contributed by atoms with van der Waals surface area (Å²) in [6.45, 7) is 0. The molecule has 0 aliphatic carbocycles. The van der Waals surface area contributed by atoms with E-state index in [9.17, 15) is 13.2 Å². The van der Waals surface area contributed by atoms with Gasteiger partial charge in [-0.15, -0.1) is 0 Å². The van der Waals surface area contributed by atoms with Crippen molar-refractivity contribution >= 4 is 10.9 Å². The second kappa shape index (κ2) is 5.33. The summed E-state index contributed by atoms with van der Waals surface area (Å²) in [6, 6.07) is 14.3. The lowest BCUT2D eigenvalue weighted by molar-refractivity contribution is -0.136. The van der Waals surface area contributed by atoms with E-state index >= 15 is 0 Å². The van der Waals surface area contributed by atoms with Gasteiger partial charge in [0.15, 0.2) is 0 Å². The predicted octanol–water partition coefficient (Wildman–Crippen LogP) is 4.93. The number of hydrogen-bond donors (Lipinski definition) is 0. The molecular formula is C17H12F3NO. The molecule has 2 nitrogen and oxygen atoms in total. The van der Waals surface area contributed by atoms with Crippen LogP contribution in [0.25, 0.3) is 22.2 Å². The van der Waals surface area contributed by atoms with Gasteiger partial charge < -0.3 is 4.74 Å². The largest absolute Gasteiger partial charge is 0.497 e. The molecule has 3 rings (SSSR count). The molecule has 0 bridgehead atoms. The van der Waals surface area contributed by atoms with Crippen LogP contribution in [0.2, 0.25) is 0 Å². The van der Waals surface area contributed by atoms with Crippen LogP contribution in [0, 0.1) is 0 Å². The summed E-state index contributed by atoms with van der Waals surface area (Å²) < 4.78 is 45.1. The minimum atomic E-state index is -4.45. The molecule has 0 amide bonds. The lowest BCUT2D eigenvalue weighted by Gasteiger charge is -2.13. The maximum absolute atomic E-state index is 13.3. The Morgan fingerprint density at radius 2 is 1.68 bits per heavy atom. The van der Waals surface area contributed by atoms with Crippen molar-refractivity contribution < 1.29 is 17.9 Å². The van der Waals surface area contributed by atoms with Crippen LogP contribution in [0.3, 0.4) is 0 Å². The van der Waals surface area contributed by atoms with Crippen molar-refractivity contribution in [3.8, 4) is 17.0 Å². The molecule has 0 unspecified atom stereocenters. The van der Waals surface area contributed by atoms with Gasteiger partial charge in [0.25, 0.3) is 0 Å². The first-order valence-corrected chi connectivity index (χ1v) is 6.60. The SMILES string of the molecule is COc1ccc2c(C(F)(F)F)cc(-c3ccccc3)nc2c1. The number of rotatable bonds is 2. The normalized spacial score (nSPS) is 11.6. The number of halogens is 3. The standard InChI is InChI=1S/C17H12F3NO/c1-22-12-7-8-13-14(17(18,19)20)10-15(21-16(13)9-12)11-5-3-2-4-6-11/h2-10H,1H3. The molecule has 0 radical (unpaired) electrons. The van der Waals surface area contributed by atoms with Crippen molar-refractivity contribution in [2.45, 2.75) is 6.18 Å². The van der Waals surface area contributed by atoms with Crippen LogP contribution in [0.15, 0.2) is 54.6 Å². The van der Waals surface area contributed by atoms with Crippen LogP contribution in [0.4, 0.5) is 13.2 Å². The molecule has 0 saturated carbocycles. The number of hydrogen-bond acceptors (Lipinski definition) is 2. The molecule has 1 aromatic heterocycles. The minimum absolute atomic E-state index is 0.0629. The third-order valence-electron chi connectivity index (χ3n) is 3.39. The number of alkyl halides is 3. The van der Waals surface area contributed by atoms with Gasteiger partial charge >= 0.3 is 6.18 Å². The van der Waals surface area contributed by atoms with Crippen LogP contribution in [0.1, 0.15) is 5.56 Å². The third-order valence-corrected chi connectivity index (χ3v) is 3.39. The molecule has 0 atom stereocenters. The van der Waals surface area contributed by atoms with E-state index in [-0.39, 0.29) is 16.6 Å². The molecular weight excluding hydrogens is 291 g/mol. The van der Waals surface area contributed by atoms with Gasteiger partial charge in [-0.25, -0.2) is 4.98 Å². The monoisotopic (exact) mass is 303 g/mol. The maximum atomic E-state index is 13.3. The van der Waals surface area contributed by atoms with Gasteiger partial charge in [-0.05, 0) is 18.2 Å². The Bertz CT molecular complexity index is 813. The van der Waals surface area contributed by atoms with Crippen molar-refractivity contribution in [1.29, 1.82) is 0 Å². The fourth-order valence-electron chi connectivity index (χ4n) is 2.33.